The van der Waals surface area contributed by atoms with Crippen molar-refractivity contribution in [3.8, 4) is 0 Å². The number of carbonyl (C=O) groups is 1. The van der Waals surface area contributed by atoms with Crippen molar-refractivity contribution >= 4 is 15.7 Å². The molecule has 1 unspecified atom stereocenters. The van der Waals surface area contributed by atoms with Gasteiger partial charge >= 0.3 is 0 Å². The summed E-state index contributed by atoms with van der Waals surface area (Å²) < 4.78 is 26.7. The molecule has 1 N–H and O–H groups in total. The van der Waals surface area contributed by atoms with E-state index in [9.17, 15) is 13.2 Å². The Bertz CT molecular complexity index is 1050. The van der Waals surface area contributed by atoms with Crippen LogP contribution in [-0.4, -0.2) is 30.8 Å². The summed E-state index contributed by atoms with van der Waals surface area (Å²) in [6.07, 6.45) is 6.10. The van der Waals surface area contributed by atoms with Gasteiger partial charge in [-0.1, -0.05) is 32.0 Å². The number of nitrogens with zero attached hydrogens (tertiary/aromatic N) is 2. The van der Waals surface area contributed by atoms with Gasteiger partial charge in [0.2, 0.25) is 0 Å². The van der Waals surface area contributed by atoms with Crippen molar-refractivity contribution in [1.82, 2.24) is 15.3 Å². The summed E-state index contributed by atoms with van der Waals surface area (Å²) in [6, 6.07) is 13.6. The van der Waals surface area contributed by atoms with E-state index in [0.29, 0.717) is 17.0 Å². The summed E-state index contributed by atoms with van der Waals surface area (Å²) in [5.74, 6) is -0.0722. The quantitative estimate of drug-likeness (QED) is 0.645. The smallest absolute Gasteiger partial charge is 0.252 e. The van der Waals surface area contributed by atoms with Gasteiger partial charge in [-0.25, -0.2) is 8.42 Å². The second-order valence-corrected chi connectivity index (χ2v) is 9.13. The zero-order valence-corrected chi connectivity index (χ0v) is 17.1. The van der Waals surface area contributed by atoms with Gasteiger partial charge in [-0.3, -0.25) is 14.8 Å². The first-order chi connectivity index (χ1) is 13.9. The summed E-state index contributed by atoms with van der Waals surface area (Å²) in [7, 11) is -3.74. The molecule has 6 nitrogen and oxygen atoms in total. The number of pyridine rings is 2. The molecule has 0 saturated heterocycles. The number of rotatable bonds is 7. The van der Waals surface area contributed by atoms with E-state index in [1.807, 2.05) is 12.1 Å². The molecule has 1 atom stereocenters. The highest BCUT2D eigenvalue weighted by atomic mass is 32.2. The van der Waals surface area contributed by atoms with Crippen LogP contribution in [0.1, 0.15) is 46.5 Å². The van der Waals surface area contributed by atoms with Crippen molar-refractivity contribution in [2.75, 3.05) is 6.54 Å². The number of sulfone groups is 1. The third-order valence-electron chi connectivity index (χ3n) is 4.68. The zero-order valence-electron chi connectivity index (χ0n) is 16.3. The van der Waals surface area contributed by atoms with Crippen molar-refractivity contribution in [2.45, 2.75) is 29.9 Å². The van der Waals surface area contributed by atoms with Crippen molar-refractivity contribution in [3.63, 3.8) is 0 Å². The lowest BCUT2D eigenvalue weighted by molar-refractivity contribution is 0.0953. The molecule has 0 aliphatic rings. The molecule has 7 heteroatoms. The predicted octanol–water partition coefficient (Wildman–Crippen LogP) is 3.55. The lowest BCUT2D eigenvalue weighted by Crippen LogP contribution is -2.32. The van der Waals surface area contributed by atoms with Gasteiger partial charge in [0.05, 0.1) is 10.5 Å². The first-order valence-electron chi connectivity index (χ1n) is 9.31. The van der Waals surface area contributed by atoms with Crippen LogP contribution in [0.2, 0.25) is 0 Å². The van der Waals surface area contributed by atoms with Gasteiger partial charge in [0.25, 0.3) is 5.91 Å². The number of aromatic nitrogens is 2. The standard InChI is InChI=1S/C22H23N3O3S/c1-16(2)17-7-9-20(10-8-17)29(27,28)21(18-5-3-11-23-13-18)15-25-22(26)19-6-4-12-24-14-19/h3-14,16,21H,15H2,1-2H3,(H,25,26). The van der Waals surface area contributed by atoms with E-state index in [1.165, 1.54) is 12.4 Å². The van der Waals surface area contributed by atoms with Gasteiger partial charge < -0.3 is 5.32 Å². The van der Waals surface area contributed by atoms with Crippen LogP contribution in [0.25, 0.3) is 0 Å². The summed E-state index contributed by atoms with van der Waals surface area (Å²) in [6.45, 7) is 4.03. The maximum absolute atomic E-state index is 13.4. The number of amides is 1. The minimum Gasteiger partial charge on any atom is -0.350 e. The third kappa shape index (κ3) is 4.86. The Morgan fingerprint density at radius 1 is 0.931 bits per heavy atom. The SMILES string of the molecule is CC(C)c1ccc(S(=O)(=O)C(CNC(=O)c2cccnc2)c2cccnc2)cc1. The number of nitrogens with one attached hydrogen (secondary N) is 1. The summed E-state index contributed by atoms with van der Waals surface area (Å²) in [5.41, 5.74) is 1.95. The first-order valence-corrected chi connectivity index (χ1v) is 10.9. The molecule has 29 heavy (non-hydrogen) atoms. The largest absolute Gasteiger partial charge is 0.350 e. The van der Waals surface area contributed by atoms with Gasteiger partial charge in [-0.15, -0.1) is 0 Å². The Labute approximate surface area is 171 Å². The van der Waals surface area contributed by atoms with Crippen LogP contribution in [0, 0.1) is 0 Å². The second kappa shape index (κ2) is 8.96. The number of benzene rings is 1. The van der Waals surface area contributed by atoms with Crippen molar-refractivity contribution in [1.29, 1.82) is 0 Å². The third-order valence-corrected chi connectivity index (χ3v) is 6.80. The van der Waals surface area contributed by atoms with Gasteiger partial charge in [-0.2, -0.15) is 0 Å². The van der Waals surface area contributed by atoms with E-state index >= 15 is 0 Å². The topological polar surface area (TPSA) is 89.0 Å². The van der Waals surface area contributed by atoms with Crippen LogP contribution in [0.5, 0.6) is 0 Å². The Morgan fingerprint density at radius 3 is 2.14 bits per heavy atom. The van der Waals surface area contributed by atoms with E-state index < -0.39 is 15.1 Å². The van der Waals surface area contributed by atoms with E-state index in [2.05, 4.69) is 29.1 Å². The molecule has 0 fully saturated rings. The highest BCUT2D eigenvalue weighted by Crippen LogP contribution is 2.29. The van der Waals surface area contributed by atoms with Crippen molar-refractivity contribution in [3.05, 3.63) is 90.0 Å². The van der Waals surface area contributed by atoms with Crippen molar-refractivity contribution < 1.29 is 13.2 Å². The summed E-state index contributed by atoms with van der Waals surface area (Å²) in [4.78, 5) is 20.6. The minimum absolute atomic E-state index is 0.0757. The average molecular weight is 410 g/mol. The molecule has 0 spiro atoms. The summed E-state index contributed by atoms with van der Waals surface area (Å²) >= 11 is 0. The molecule has 1 aromatic carbocycles. The first kappa shape index (κ1) is 20.7. The Morgan fingerprint density at radius 2 is 1.59 bits per heavy atom. The van der Waals surface area contributed by atoms with Crippen molar-refractivity contribution in [2.24, 2.45) is 0 Å². The molecule has 3 rings (SSSR count). The van der Waals surface area contributed by atoms with Crippen LogP contribution >= 0.6 is 0 Å². The minimum atomic E-state index is -3.74. The van der Waals surface area contributed by atoms with E-state index in [1.54, 1.807) is 48.8 Å². The summed E-state index contributed by atoms with van der Waals surface area (Å²) in [5, 5.41) is 1.76. The molecular weight excluding hydrogens is 386 g/mol. The van der Waals surface area contributed by atoms with Crippen LogP contribution in [0.4, 0.5) is 0 Å². The molecule has 0 saturated carbocycles. The normalized spacial score (nSPS) is 12.5. The van der Waals surface area contributed by atoms with Gasteiger partial charge in [0.15, 0.2) is 9.84 Å². The molecule has 0 aliphatic heterocycles. The Hall–Kier alpha value is -3.06. The number of hydrogen-bond donors (Lipinski definition) is 1. The Balaban J connectivity index is 1.90. The maximum Gasteiger partial charge on any atom is 0.252 e. The fourth-order valence-electron chi connectivity index (χ4n) is 2.96. The lowest BCUT2D eigenvalue weighted by atomic mass is 10.0. The predicted molar refractivity (Wildman–Crippen MR) is 111 cm³/mol. The molecule has 0 bridgehead atoms. The molecule has 1 amide bonds. The highest BCUT2D eigenvalue weighted by molar-refractivity contribution is 7.91. The monoisotopic (exact) mass is 409 g/mol. The zero-order chi connectivity index (χ0) is 20.9. The van der Waals surface area contributed by atoms with Gasteiger partial charge in [0, 0.05) is 31.3 Å². The van der Waals surface area contributed by atoms with Crippen LogP contribution < -0.4 is 5.32 Å². The number of hydrogen-bond acceptors (Lipinski definition) is 5. The molecule has 2 aromatic heterocycles. The van der Waals surface area contributed by atoms with Crippen LogP contribution in [0.3, 0.4) is 0 Å². The average Bonchev–Trinajstić information content (AvgIpc) is 2.75. The fourth-order valence-corrected chi connectivity index (χ4v) is 4.61. The van der Waals surface area contributed by atoms with E-state index in [0.717, 1.165) is 5.56 Å². The molecular formula is C22H23N3O3S. The molecule has 150 valence electrons. The van der Waals surface area contributed by atoms with Crippen LogP contribution in [-0.2, 0) is 9.84 Å². The van der Waals surface area contributed by atoms with E-state index in [-0.39, 0.29) is 17.3 Å². The van der Waals surface area contributed by atoms with Gasteiger partial charge in [0.1, 0.15) is 5.25 Å². The maximum atomic E-state index is 13.4. The molecule has 0 aliphatic carbocycles. The highest BCUT2D eigenvalue weighted by Gasteiger charge is 2.30. The Kier molecular flexibility index (Phi) is 6.39. The fraction of sp³-hybridized carbons (Fsp3) is 0.227. The van der Waals surface area contributed by atoms with Gasteiger partial charge in [-0.05, 0) is 47.4 Å². The second-order valence-electron chi connectivity index (χ2n) is 7.00. The lowest BCUT2D eigenvalue weighted by Gasteiger charge is -2.19. The number of carbonyl (C=O) groups excluding carboxylic acids is 1. The molecule has 3 aromatic rings. The molecule has 2 heterocycles. The molecule has 0 radical (unpaired) electrons. The van der Waals surface area contributed by atoms with E-state index in [4.69, 9.17) is 0 Å². The van der Waals surface area contributed by atoms with Crippen LogP contribution in [0.15, 0.2) is 78.2 Å².